The van der Waals surface area contributed by atoms with Crippen molar-refractivity contribution in [1.29, 1.82) is 0 Å². The largest absolute Gasteiger partial charge is 0.490 e. The average molecular weight is 482 g/mol. The molecule has 6 N–H and O–H groups in total. The van der Waals surface area contributed by atoms with Crippen molar-refractivity contribution in [3.63, 3.8) is 0 Å². The Balaban J connectivity index is 1.98. The van der Waals surface area contributed by atoms with Gasteiger partial charge in [0.1, 0.15) is 6.23 Å². The van der Waals surface area contributed by atoms with E-state index in [1.54, 1.807) is 0 Å². The molecule has 0 spiro atoms. The van der Waals surface area contributed by atoms with Crippen LogP contribution in [0.1, 0.15) is 24.6 Å². The van der Waals surface area contributed by atoms with Crippen LogP contribution in [0.5, 0.6) is 0 Å². The van der Waals surface area contributed by atoms with E-state index < -0.39 is 60.3 Å². The molecule has 1 aromatic rings. The van der Waals surface area contributed by atoms with Gasteiger partial charge in [-0.2, -0.15) is 8.62 Å². The lowest BCUT2D eigenvalue weighted by atomic mass is 10.2. The summed E-state index contributed by atoms with van der Waals surface area (Å²) < 4.78 is 51.5. The highest BCUT2D eigenvalue weighted by molar-refractivity contribution is 7.66. The summed E-state index contributed by atoms with van der Waals surface area (Å²) >= 11 is 0. The van der Waals surface area contributed by atoms with Crippen LogP contribution < -0.4 is 11.2 Å². The number of nitrogens with one attached hydrogen (secondary N) is 1. The van der Waals surface area contributed by atoms with Crippen LogP contribution in [0.15, 0.2) is 15.8 Å². The lowest BCUT2D eigenvalue weighted by Gasteiger charge is -2.19. The minimum absolute atomic E-state index is 0.0927. The van der Waals surface area contributed by atoms with Gasteiger partial charge < -0.3 is 29.4 Å². The molecule has 0 aromatic carbocycles. The van der Waals surface area contributed by atoms with Gasteiger partial charge in [-0.1, -0.05) is 0 Å². The van der Waals surface area contributed by atoms with E-state index in [0.29, 0.717) is 0 Å². The van der Waals surface area contributed by atoms with Crippen LogP contribution in [-0.4, -0.2) is 46.9 Å². The van der Waals surface area contributed by atoms with Crippen molar-refractivity contribution in [3.8, 4) is 0 Å². The van der Waals surface area contributed by atoms with Crippen LogP contribution in [0.25, 0.3) is 0 Å². The van der Waals surface area contributed by atoms with Crippen LogP contribution >= 0.6 is 23.5 Å². The van der Waals surface area contributed by atoms with Crippen molar-refractivity contribution in [1.82, 2.24) is 9.55 Å². The molecule has 0 saturated carbocycles. The summed E-state index contributed by atoms with van der Waals surface area (Å²) in [5.41, 5.74) is -1.67. The molecular formula is C10H17N2O14P3. The van der Waals surface area contributed by atoms with Gasteiger partial charge in [-0.3, -0.25) is 18.9 Å². The maximum absolute atomic E-state index is 11.9. The highest BCUT2D eigenvalue weighted by Gasteiger charge is 2.41. The van der Waals surface area contributed by atoms with Gasteiger partial charge in [-0.25, -0.2) is 18.5 Å². The number of rotatable bonds is 9. The summed E-state index contributed by atoms with van der Waals surface area (Å²) in [4.78, 5) is 60.7. The summed E-state index contributed by atoms with van der Waals surface area (Å²) in [7, 11) is -16.4. The van der Waals surface area contributed by atoms with E-state index in [1.807, 2.05) is 4.98 Å². The highest BCUT2D eigenvalue weighted by Crippen LogP contribution is 2.66. The Kier molecular flexibility index (Phi) is 7.55. The molecule has 0 radical (unpaired) electrons. The Bertz CT molecular complexity index is 996. The number of aromatic amines is 1. The molecule has 2 rings (SSSR count). The Morgan fingerprint density at radius 1 is 1.10 bits per heavy atom. The topological polar surface area (TPSA) is 244 Å². The summed E-state index contributed by atoms with van der Waals surface area (Å²) in [6, 6.07) is 0. The fourth-order valence-corrected chi connectivity index (χ4v) is 5.40. The van der Waals surface area contributed by atoms with Crippen LogP contribution in [-0.2, 0) is 38.2 Å². The Morgan fingerprint density at radius 2 is 1.76 bits per heavy atom. The number of ether oxygens (including phenoxy) is 1. The van der Waals surface area contributed by atoms with Crippen molar-refractivity contribution >= 4 is 23.5 Å². The molecule has 1 saturated heterocycles. The molecule has 1 fully saturated rings. The monoisotopic (exact) mass is 482 g/mol. The maximum atomic E-state index is 11.9. The number of phosphoric acid groups is 3. The predicted molar refractivity (Wildman–Crippen MR) is 90.2 cm³/mol. The van der Waals surface area contributed by atoms with Gasteiger partial charge in [0.25, 0.3) is 5.56 Å². The Morgan fingerprint density at radius 3 is 2.34 bits per heavy atom. The zero-order valence-electron chi connectivity index (χ0n) is 14.3. The third kappa shape index (κ3) is 7.33. The molecule has 166 valence electrons. The third-order valence-electron chi connectivity index (χ3n) is 3.45. The van der Waals surface area contributed by atoms with Crippen molar-refractivity contribution in [2.45, 2.75) is 31.8 Å². The van der Waals surface area contributed by atoms with Crippen molar-refractivity contribution in [2.75, 3.05) is 6.61 Å². The first-order chi connectivity index (χ1) is 13.2. The van der Waals surface area contributed by atoms with Gasteiger partial charge in [0.05, 0.1) is 24.9 Å². The van der Waals surface area contributed by atoms with Crippen molar-refractivity contribution in [2.24, 2.45) is 0 Å². The number of aromatic nitrogens is 2. The fraction of sp³-hybridized carbons (Fsp3) is 0.600. The molecule has 16 nitrogen and oxygen atoms in total. The first kappa shape index (κ1) is 24.3. The number of hydrogen-bond acceptors (Lipinski definition) is 10. The maximum Gasteiger partial charge on any atom is 0.490 e. The second-order valence-corrected chi connectivity index (χ2v) is 10.1. The summed E-state index contributed by atoms with van der Waals surface area (Å²) in [6.45, 7) is -1.29. The number of H-pyrrole nitrogens is 1. The van der Waals surface area contributed by atoms with Crippen molar-refractivity contribution in [3.05, 3.63) is 32.6 Å². The SMILES string of the molecule is O=c1[nH]c(=O)n([C@H]2CC[C@@H](COP(=O)(O)OP(=O)(O)OP(=O)(O)O)O2)cc1CO. The fourth-order valence-electron chi connectivity index (χ4n) is 2.35. The lowest BCUT2D eigenvalue weighted by molar-refractivity contribution is -0.0245. The normalized spacial score (nSPS) is 24.2. The van der Waals surface area contributed by atoms with Gasteiger partial charge >= 0.3 is 29.2 Å². The van der Waals surface area contributed by atoms with E-state index in [9.17, 15) is 28.2 Å². The third-order valence-corrected chi connectivity index (χ3v) is 7.25. The van der Waals surface area contributed by atoms with Crippen LogP contribution in [0.2, 0.25) is 0 Å². The molecule has 0 aliphatic carbocycles. The number of nitrogens with zero attached hydrogens (tertiary/aromatic N) is 1. The summed E-state index contributed by atoms with van der Waals surface area (Å²) in [5, 5.41) is 9.09. The van der Waals surface area contributed by atoms with Crippen LogP contribution in [0.3, 0.4) is 0 Å². The molecule has 0 bridgehead atoms. The minimum Gasteiger partial charge on any atom is -0.391 e. The zero-order chi connectivity index (χ0) is 22.0. The van der Waals surface area contributed by atoms with Gasteiger partial charge in [0.2, 0.25) is 0 Å². The number of aliphatic hydroxyl groups excluding tert-OH is 1. The number of hydrogen-bond donors (Lipinski definition) is 6. The van der Waals surface area contributed by atoms with Crippen molar-refractivity contribution < 1.29 is 56.3 Å². The molecule has 2 heterocycles. The molecule has 0 amide bonds. The van der Waals surface area contributed by atoms with Gasteiger partial charge in [-0.05, 0) is 12.8 Å². The second kappa shape index (κ2) is 9.02. The van der Waals surface area contributed by atoms with E-state index in [-0.39, 0.29) is 18.4 Å². The first-order valence-electron chi connectivity index (χ1n) is 7.60. The van der Waals surface area contributed by atoms with E-state index in [2.05, 4.69) is 13.1 Å². The molecule has 1 aromatic heterocycles. The van der Waals surface area contributed by atoms with E-state index >= 15 is 0 Å². The summed E-state index contributed by atoms with van der Waals surface area (Å²) in [6.07, 6.45) is -0.293. The van der Waals surface area contributed by atoms with Crippen LogP contribution in [0, 0.1) is 0 Å². The first-order valence-corrected chi connectivity index (χ1v) is 12.1. The Labute approximate surface area is 161 Å². The summed E-state index contributed by atoms with van der Waals surface area (Å²) in [5.74, 6) is 0. The highest BCUT2D eigenvalue weighted by atomic mass is 31.3. The molecule has 19 heteroatoms. The Hall–Kier alpha value is -0.990. The minimum atomic E-state index is -5.62. The second-order valence-electron chi connectivity index (χ2n) is 5.66. The van der Waals surface area contributed by atoms with Gasteiger partial charge in [0, 0.05) is 6.20 Å². The quantitative estimate of drug-likeness (QED) is 0.233. The molecule has 1 aliphatic rings. The molecular weight excluding hydrogens is 465 g/mol. The van der Waals surface area contributed by atoms with Crippen LogP contribution in [0.4, 0.5) is 0 Å². The average Bonchev–Trinajstić information content (AvgIpc) is 2.98. The molecule has 2 unspecified atom stereocenters. The smallest absolute Gasteiger partial charge is 0.391 e. The standard InChI is InChI=1S/C10H17N2O14P3/c13-4-6-3-12(10(15)11-9(6)14)8-2-1-7(24-8)5-23-28(19,20)26-29(21,22)25-27(16,17)18/h3,7-8,13H,1-2,4-5H2,(H,19,20)(H,21,22)(H,11,14,15)(H2,16,17,18)/t7-,8+/m0/s1. The lowest BCUT2D eigenvalue weighted by Crippen LogP contribution is -2.34. The van der Waals surface area contributed by atoms with E-state index in [1.165, 1.54) is 0 Å². The van der Waals surface area contributed by atoms with Gasteiger partial charge in [-0.15, -0.1) is 0 Å². The van der Waals surface area contributed by atoms with E-state index in [4.69, 9.17) is 24.5 Å². The zero-order valence-corrected chi connectivity index (χ0v) is 16.9. The van der Waals surface area contributed by atoms with Gasteiger partial charge in [0.15, 0.2) is 0 Å². The molecule has 4 atom stereocenters. The van der Waals surface area contributed by atoms with E-state index in [0.717, 1.165) is 10.8 Å². The molecule has 1 aliphatic heterocycles. The predicted octanol–water partition coefficient (Wildman–Crippen LogP) is -0.950. The molecule has 29 heavy (non-hydrogen) atoms. The number of aliphatic hydroxyl groups is 1. The number of phosphoric ester groups is 1.